The van der Waals surface area contributed by atoms with Crippen molar-refractivity contribution >= 4 is 23.2 Å². The van der Waals surface area contributed by atoms with E-state index in [0.29, 0.717) is 18.7 Å². The number of piperidine rings is 1. The molecule has 2 atom stereocenters. The summed E-state index contributed by atoms with van der Waals surface area (Å²) >= 11 is -1.81. The molecule has 1 aliphatic heterocycles. The number of fused-ring (bicyclic) bond motifs is 2. The molecule has 7 nitrogen and oxygen atoms in total. The summed E-state index contributed by atoms with van der Waals surface area (Å²) < 4.78 is 74.6. The van der Waals surface area contributed by atoms with Gasteiger partial charge in [0, 0.05) is 6.54 Å². The molecule has 2 aromatic heterocycles. The topological polar surface area (TPSA) is 87.2 Å². The minimum atomic E-state index is -4.50. The average Bonchev–Trinajstić information content (AvgIpc) is 3.61. The number of oxazole rings is 1. The predicted octanol–water partition coefficient (Wildman–Crippen LogP) is 5.26. The Kier molecular flexibility index (Phi) is 6.20. The number of nitrogens with zero attached hydrogens (tertiary/aromatic N) is 4. The fraction of sp³-hybridized carbons (Fsp3) is 0.222. The summed E-state index contributed by atoms with van der Waals surface area (Å²) in [4.78, 5) is 18.1. The molecule has 0 bridgehead atoms. The first-order valence-electron chi connectivity index (χ1n) is 12.0. The van der Waals surface area contributed by atoms with Gasteiger partial charge in [0.15, 0.2) is 4.90 Å². The van der Waals surface area contributed by atoms with Crippen molar-refractivity contribution in [3.05, 3.63) is 101 Å². The van der Waals surface area contributed by atoms with Gasteiger partial charge in [-0.25, -0.2) is 14.1 Å². The lowest BCUT2D eigenvalue weighted by atomic mass is 9.66. The van der Waals surface area contributed by atoms with Crippen LogP contribution in [0, 0.1) is 11.2 Å². The molecule has 12 heteroatoms. The second kappa shape index (κ2) is 9.47. The minimum absolute atomic E-state index is 0.0366. The van der Waals surface area contributed by atoms with Crippen molar-refractivity contribution in [2.45, 2.75) is 23.9 Å². The van der Waals surface area contributed by atoms with Crippen LogP contribution in [0.2, 0.25) is 0 Å². The normalized spacial score (nSPS) is 20.2. The number of Topliss-reactive ketones (excluding diaryl/α,β-unsaturated/α-hetero) is 1. The van der Waals surface area contributed by atoms with Crippen LogP contribution in [0.25, 0.3) is 11.8 Å². The van der Waals surface area contributed by atoms with Crippen LogP contribution >= 0.6 is 0 Å². The maximum atomic E-state index is 13.9. The Balaban J connectivity index is 1.36. The Morgan fingerprint density at radius 2 is 1.85 bits per heavy atom. The molecule has 2 aromatic carbocycles. The van der Waals surface area contributed by atoms with E-state index in [2.05, 4.69) is 10.1 Å². The van der Waals surface area contributed by atoms with E-state index < -0.39 is 28.5 Å². The first-order valence-corrected chi connectivity index (χ1v) is 13.1. The lowest BCUT2D eigenvalue weighted by Gasteiger charge is -2.43. The molecule has 2 aliphatic rings. The van der Waals surface area contributed by atoms with Gasteiger partial charge in [-0.2, -0.15) is 18.3 Å². The number of ketones is 1. The number of alkyl halides is 3. The molecule has 0 saturated carbocycles. The summed E-state index contributed by atoms with van der Waals surface area (Å²) in [5.74, 6) is -0.840. The first kappa shape index (κ1) is 25.5. The van der Waals surface area contributed by atoms with Crippen LogP contribution in [0.3, 0.4) is 0 Å². The highest BCUT2D eigenvalue weighted by Gasteiger charge is 2.52. The Hall–Kier alpha value is -3.74. The molecule has 0 spiro atoms. The maximum absolute atomic E-state index is 13.9. The van der Waals surface area contributed by atoms with Gasteiger partial charge < -0.3 is 8.97 Å². The van der Waals surface area contributed by atoms with E-state index in [1.54, 1.807) is 27.3 Å². The van der Waals surface area contributed by atoms with E-state index in [9.17, 15) is 26.9 Å². The lowest BCUT2D eigenvalue weighted by Crippen LogP contribution is -2.53. The van der Waals surface area contributed by atoms with Crippen molar-refractivity contribution in [3.63, 3.8) is 0 Å². The van der Waals surface area contributed by atoms with E-state index in [1.165, 1.54) is 36.7 Å². The van der Waals surface area contributed by atoms with Gasteiger partial charge >= 0.3 is 6.18 Å². The molecule has 0 radical (unpaired) electrons. The number of benzene rings is 2. The monoisotopic (exact) mass is 556 g/mol. The standard InChI is InChI=1S/C27H20F4N4O3S/c28-20-3-5-21(6-4-20)35-23-13-19-9-11-34(39(37)22-7-1-18(2-8-22)27(29,30)31)16-26(19,14-17(23)15-33-35)24(36)25-32-10-12-38-25/h1-8,10,12-13,15H,9,11,14,16H2. The van der Waals surface area contributed by atoms with Crippen molar-refractivity contribution in [1.29, 1.82) is 0 Å². The molecular weight excluding hydrogens is 536 g/mol. The third kappa shape index (κ3) is 4.48. The van der Waals surface area contributed by atoms with Gasteiger partial charge in [-0.1, -0.05) is 5.57 Å². The molecule has 0 amide bonds. The van der Waals surface area contributed by atoms with E-state index >= 15 is 0 Å². The number of carbonyl (C=O) groups is 1. The summed E-state index contributed by atoms with van der Waals surface area (Å²) in [5.41, 5.74) is 0.939. The lowest BCUT2D eigenvalue weighted by molar-refractivity contribution is -0.137. The second-order valence-electron chi connectivity index (χ2n) is 9.42. The summed E-state index contributed by atoms with van der Waals surface area (Å²) in [6.07, 6.45) is 2.28. The Labute approximate surface area is 223 Å². The number of aromatic nitrogens is 3. The number of hydrogen-bond acceptors (Lipinski definition) is 6. The van der Waals surface area contributed by atoms with E-state index in [-0.39, 0.29) is 35.4 Å². The van der Waals surface area contributed by atoms with Crippen LogP contribution < -0.4 is 0 Å². The van der Waals surface area contributed by atoms with Gasteiger partial charge in [-0.05, 0) is 73.0 Å². The van der Waals surface area contributed by atoms with Crippen LogP contribution in [-0.4, -0.2) is 42.5 Å². The first-order chi connectivity index (χ1) is 18.7. The summed E-state index contributed by atoms with van der Waals surface area (Å²) in [5, 5.41) is 4.47. The molecule has 1 aliphatic carbocycles. The summed E-state index contributed by atoms with van der Waals surface area (Å²) in [6, 6.07) is 10.1. The quantitative estimate of drug-likeness (QED) is 0.190. The fourth-order valence-corrected chi connectivity index (χ4v) is 6.46. The van der Waals surface area contributed by atoms with Crippen LogP contribution in [0.15, 0.2) is 82.1 Å². The summed E-state index contributed by atoms with van der Waals surface area (Å²) in [7, 11) is 0. The van der Waals surface area contributed by atoms with Gasteiger partial charge in [-0.3, -0.25) is 4.79 Å². The molecule has 2 unspecified atom stereocenters. The molecule has 0 N–H and O–H groups in total. The number of rotatable bonds is 5. The average molecular weight is 557 g/mol. The maximum Gasteiger partial charge on any atom is 0.416 e. The van der Waals surface area contributed by atoms with Crippen molar-refractivity contribution in [2.24, 2.45) is 5.41 Å². The second-order valence-corrected chi connectivity index (χ2v) is 10.9. The third-order valence-corrected chi connectivity index (χ3v) is 8.59. The van der Waals surface area contributed by atoms with Crippen molar-refractivity contribution in [1.82, 2.24) is 19.1 Å². The van der Waals surface area contributed by atoms with Crippen LogP contribution in [0.5, 0.6) is 0 Å². The van der Waals surface area contributed by atoms with Crippen LogP contribution in [-0.2, 0) is 24.0 Å². The number of hydrogen-bond donors (Lipinski definition) is 0. The SMILES string of the molecule is O=C(c1ncco1)C12Cc3cnn(-c4ccc(F)cc4)c3C=C1CCN([S+]([O-])c1ccc(C(F)(F)F)cc1)C2. The zero-order valence-corrected chi connectivity index (χ0v) is 21.0. The van der Waals surface area contributed by atoms with E-state index in [1.807, 2.05) is 6.08 Å². The molecule has 1 fully saturated rings. The largest absolute Gasteiger partial charge is 0.593 e. The van der Waals surface area contributed by atoms with Crippen molar-refractivity contribution in [3.8, 4) is 5.69 Å². The molecule has 3 heterocycles. The highest BCUT2D eigenvalue weighted by atomic mass is 32.2. The molecule has 4 aromatic rings. The van der Waals surface area contributed by atoms with Gasteiger partial charge in [0.2, 0.25) is 5.78 Å². The molecular formula is C27H20F4N4O3S. The van der Waals surface area contributed by atoms with Crippen LogP contribution in [0.4, 0.5) is 17.6 Å². The molecule has 39 heavy (non-hydrogen) atoms. The van der Waals surface area contributed by atoms with E-state index in [0.717, 1.165) is 29.0 Å². The van der Waals surface area contributed by atoms with E-state index in [4.69, 9.17) is 4.42 Å². The highest BCUT2D eigenvalue weighted by molar-refractivity contribution is 7.89. The number of carbonyl (C=O) groups excluding carboxylic acids is 1. The van der Waals surface area contributed by atoms with Gasteiger partial charge in [0.1, 0.15) is 12.1 Å². The Bertz CT molecular complexity index is 1550. The van der Waals surface area contributed by atoms with Gasteiger partial charge in [-0.15, -0.1) is 4.31 Å². The minimum Gasteiger partial charge on any atom is -0.593 e. The fourth-order valence-electron chi connectivity index (χ4n) is 5.19. The Morgan fingerprint density at radius 3 is 2.51 bits per heavy atom. The van der Waals surface area contributed by atoms with Crippen molar-refractivity contribution < 1.29 is 31.3 Å². The van der Waals surface area contributed by atoms with Crippen molar-refractivity contribution in [2.75, 3.05) is 13.1 Å². The smallest absolute Gasteiger partial charge is 0.416 e. The zero-order valence-electron chi connectivity index (χ0n) is 20.2. The summed E-state index contributed by atoms with van der Waals surface area (Å²) in [6.45, 7) is 0.342. The molecule has 6 rings (SSSR count). The Morgan fingerprint density at radius 1 is 1.10 bits per heavy atom. The van der Waals surface area contributed by atoms with Gasteiger partial charge in [0.25, 0.3) is 5.89 Å². The predicted molar refractivity (Wildman–Crippen MR) is 133 cm³/mol. The van der Waals surface area contributed by atoms with Gasteiger partial charge in [0.05, 0.1) is 52.7 Å². The van der Waals surface area contributed by atoms with Crippen LogP contribution in [0.1, 0.15) is 33.9 Å². The zero-order chi connectivity index (χ0) is 27.4. The molecule has 200 valence electrons. The molecule has 1 saturated heterocycles. The number of halogens is 4. The highest BCUT2D eigenvalue weighted by Crippen LogP contribution is 2.47. The third-order valence-electron chi connectivity index (χ3n) is 7.13.